The van der Waals surface area contributed by atoms with Crippen molar-refractivity contribution in [1.82, 2.24) is 15.4 Å². The van der Waals surface area contributed by atoms with Crippen molar-refractivity contribution in [2.75, 3.05) is 6.54 Å². The van der Waals surface area contributed by atoms with E-state index in [1.165, 1.54) is 11.3 Å². The van der Waals surface area contributed by atoms with Crippen LogP contribution in [0.1, 0.15) is 46.4 Å². The SMILES string of the molecule is N=C(N)c1csc(C(NC(=O)[C@H](NS(N)(=O)=O)C(c2ccccc2)c2ccccc2)C(=O)[C@@H]2CCCN2)c1.O=C(O)C(F)(F)F. The van der Waals surface area contributed by atoms with Crippen LogP contribution in [0.5, 0.6) is 0 Å². The van der Waals surface area contributed by atoms with Crippen LogP contribution in [0.25, 0.3) is 0 Å². The van der Waals surface area contributed by atoms with Crippen LogP contribution in [0, 0.1) is 5.41 Å². The number of nitrogen functional groups attached to an aromatic ring is 1. The molecule has 3 aromatic rings. The molecule has 4 rings (SSSR count). The number of halogens is 3. The molecule has 0 spiro atoms. The standard InChI is InChI=1S/C26H30N6O4S2.C2HF3O2/c27-25(28)18-14-20(37-15-18)22(24(33)19-12-7-13-30-19)31-26(34)23(32-38(29,35)36)21(16-8-3-1-4-9-16)17-10-5-2-6-11-17;3-2(4,5)1(6)7/h1-6,8-11,14-15,19,21-23,30,32H,7,12-13H2,(H3,27,28)(H,31,34)(H2,29,35,36);(H,6,7)/t19-,22?,23+;/m0./s1. The number of aliphatic carboxylic acids is 1. The predicted octanol–water partition coefficient (Wildman–Crippen LogP) is 2.14. The largest absolute Gasteiger partial charge is 0.490 e. The maximum absolute atomic E-state index is 13.9. The van der Waals surface area contributed by atoms with Crippen LogP contribution in [0.3, 0.4) is 0 Å². The van der Waals surface area contributed by atoms with Gasteiger partial charge in [-0.15, -0.1) is 11.3 Å². The van der Waals surface area contributed by atoms with E-state index in [-0.39, 0.29) is 11.6 Å². The molecule has 242 valence electrons. The van der Waals surface area contributed by atoms with Gasteiger partial charge in [0.1, 0.15) is 17.9 Å². The molecule has 17 heteroatoms. The summed E-state index contributed by atoms with van der Waals surface area (Å²) in [6, 6.07) is 16.7. The topological polar surface area (TPSA) is 218 Å². The van der Waals surface area contributed by atoms with E-state index in [2.05, 4.69) is 15.4 Å². The number of amides is 1. The van der Waals surface area contributed by atoms with Crippen molar-refractivity contribution < 1.29 is 41.1 Å². The summed E-state index contributed by atoms with van der Waals surface area (Å²) >= 11 is 1.19. The highest BCUT2D eigenvalue weighted by atomic mass is 32.2. The molecule has 3 atom stereocenters. The summed E-state index contributed by atoms with van der Waals surface area (Å²) in [5, 5.41) is 27.8. The zero-order valence-corrected chi connectivity index (χ0v) is 25.1. The van der Waals surface area contributed by atoms with E-state index in [1.54, 1.807) is 60.0 Å². The maximum atomic E-state index is 13.9. The first-order chi connectivity index (χ1) is 21.1. The highest BCUT2D eigenvalue weighted by Crippen LogP contribution is 2.31. The molecule has 2 heterocycles. The van der Waals surface area contributed by atoms with Gasteiger partial charge in [0.2, 0.25) is 5.91 Å². The van der Waals surface area contributed by atoms with Crippen LogP contribution >= 0.6 is 11.3 Å². The first-order valence-electron chi connectivity index (χ1n) is 13.3. The molecule has 45 heavy (non-hydrogen) atoms. The Morgan fingerprint density at radius 1 is 1.04 bits per heavy atom. The number of amidine groups is 1. The Morgan fingerprint density at radius 2 is 1.58 bits per heavy atom. The zero-order chi connectivity index (χ0) is 33.4. The lowest BCUT2D eigenvalue weighted by molar-refractivity contribution is -0.192. The van der Waals surface area contributed by atoms with Crippen molar-refractivity contribution in [1.29, 1.82) is 5.41 Å². The fraction of sp³-hybridized carbons (Fsp3) is 0.286. The Balaban J connectivity index is 0.000000707. The first kappa shape index (κ1) is 35.3. The van der Waals surface area contributed by atoms with Crippen molar-refractivity contribution in [3.05, 3.63) is 93.7 Å². The minimum atomic E-state index is -5.08. The van der Waals surface area contributed by atoms with Crippen molar-refractivity contribution >= 4 is 45.0 Å². The van der Waals surface area contributed by atoms with E-state index in [9.17, 15) is 31.2 Å². The summed E-state index contributed by atoms with van der Waals surface area (Å²) in [6.45, 7) is 0.680. The highest BCUT2D eigenvalue weighted by Gasteiger charge is 2.39. The van der Waals surface area contributed by atoms with Gasteiger partial charge in [0, 0.05) is 21.7 Å². The number of thiophene rings is 1. The minimum absolute atomic E-state index is 0.161. The van der Waals surface area contributed by atoms with Crippen molar-refractivity contribution in [2.24, 2.45) is 10.9 Å². The number of carbonyl (C=O) groups is 3. The number of carbonyl (C=O) groups excluding carboxylic acids is 2. The van der Waals surface area contributed by atoms with E-state index in [1.807, 2.05) is 12.1 Å². The number of alkyl halides is 3. The second kappa shape index (κ2) is 15.2. The number of ketones is 1. The van der Waals surface area contributed by atoms with Crippen LogP contribution in [0.4, 0.5) is 13.2 Å². The normalized spacial score (nSPS) is 16.2. The molecular weight excluding hydrogens is 637 g/mol. The van der Waals surface area contributed by atoms with Gasteiger partial charge in [0.25, 0.3) is 10.2 Å². The fourth-order valence-corrected chi connectivity index (χ4v) is 6.20. The number of benzene rings is 2. The Labute approximate surface area is 260 Å². The van der Waals surface area contributed by atoms with E-state index >= 15 is 0 Å². The van der Waals surface area contributed by atoms with E-state index < -0.39 is 52.3 Å². The van der Waals surface area contributed by atoms with Gasteiger partial charge in [0.15, 0.2) is 5.78 Å². The average molecular weight is 669 g/mol. The monoisotopic (exact) mass is 668 g/mol. The molecule has 0 aliphatic carbocycles. The third kappa shape index (κ3) is 10.2. The lowest BCUT2D eigenvalue weighted by Crippen LogP contribution is -2.54. The molecule has 2 aromatic carbocycles. The molecule has 0 radical (unpaired) electrons. The van der Waals surface area contributed by atoms with Gasteiger partial charge < -0.3 is 21.5 Å². The summed E-state index contributed by atoms with van der Waals surface area (Å²) in [6.07, 6.45) is -3.65. The zero-order valence-electron chi connectivity index (χ0n) is 23.5. The molecule has 9 N–H and O–H groups in total. The number of nitrogens with two attached hydrogens (primary N) is 2. The molecule has 1 unspecified atom stereocenters. The predicted molar refractivity (Wildman–Crippen MR) is 161 cm³/mol. The number of carboxylic acids is 1. The highest BCUT2D eigenvalue weighted by molar-refractivity contribution is 7.87. The Kier molecular flexibility index (Phi) is 11.9. The van der Waals surface area contributed by atoms with Gasteiger partial charge in [-0.3, -0.25) is 15.0 Å². The van der Waals surface area contributed by atoms with Gasteiger partial charge in [-0.1, -0.05) is 60.7 Å². The summed E-state index contributed by atoms with van der Waals surface area (Å²) < 4.78 is 58.6. The average Bonchev–Trinajstić information content (AvgIpc) is 3.69. The third-order valence-electron chi connectivity index (χ3n) is 6.66. The van der Waals surface area contributed by atoms with Gasteiger partial charge in [-0.05, 0) is 36.6 Å². The lowest BCUT2D eigenvalue weighted by Gasteiger charge is -2.29. The van der Waals surface area contributed by atoms with Crippen LogP contribution in [0.2, 0.25) is 0 Å². The molecule has 1 aromatic heterocycles. The first-order valence-corrected chi connectivity index (χ1v) is 15.7. The summed E-state index contributed by atoms with van der Waals surface area (Å²) in [5.41, 5.74) is 7.43. The molecule has 1 aliphatic heterocycles. The molecule has 1 amide bonds. The van der Waals surface area contributed by atoms with Crippen LogP contribution in [-0.2, 0) is 24.6 Å². The second-order valence-electron chi connectivity index (χ2n) is 9.89. The number of hydrogen-bond acceptors (Lipinski definition) is 8. The van der Waals surface area contributed by atoms with Crippen molar-refractivity contribution in [2.45, 2.75) is 43.1 Å². The summed E-state index contributed by atoms with van der Waals surface area (Å²) in [7, 11) is -4.32. The summed E-state index contributed by atoms with van der Waals surface area (Å²) in [5.74, 6) is -4.63. The number of carboxylic acid groups (broad SMARTS) is 1. The smallest absolute Gasteiger partial charge is 0.475 e. The fourth-order valence-electron chi connectivity index (χ4n) is 4.64. The number of nitrogens with one attached hydrogen (secondary N) is 4. The molecule has 1 fully saturated rings. The number of Topliss-reactive ketones (excluding diaryl/α,β-unsaturated/α-hetero) is 1. The van der Waals surface area contributed by atoms with Crippen molar-refractivity contribution in [3.63, 3.8) is 0 Å². The number of hydrogen-bond donors (Lipinski definition) is 7. The molecule has 1 aliphatic rings. The lowest BCUT2D eigenvalue weighted by atomic mass is 9.84. The molecular formula is C28H31F3N6O6S2. The van der Waals surface area contributed by atoms with E-state index in [4.69, 9.17) is 26.2 Å². The Hall–Kier alpha value is -4.16. The second-order valence-corrected chi connectivity index (χ2v) is 12.2. The maximum Gasteiger partial charge on any atom is 0.490 e. The third-order valence-corrected chi connectivity index (χ3v) is 8.24. The van der Waals surface area contributed by atoms with Crippen molar-refractivity contribution in [3.8, 4) is 0 Å². The van der Waals surface area contributed by atoms with E-state index in [0.29, 0.717) is 34.5 Å². The van der Waals surface area contributed by atoms with Crippen LogP contribution < -0.4 is 26.2 Å². The molecule has 0 bridgehead atoms. The van der Waals surface area contributed by atoms with Gasteiger partial charge in [-0.25, -0.2) is 9.93 Å². The number of rotatable bonds is 11. The summed E-state index contributed by atoms with van der Waals surface area (Å²) in [4.78, 5) is 36.9. The molecule has 0 saturated carbocycles. The van der Waals surface area contributed by atoms with Gasteiger partial charge in [0.05, 0.1) is 6.04 Å². The quantitative estimate of drug-likeness (QED) is 0.118. The molecule has 12 nitrogen and oxygen atoms in total. The van der Waals surface area contributed by atoms with Gasteiger partial charge in [-0.2, -0.15) is 26.3 Å². The van der Waals surface area contributed by atoms with E-state index in [0.717, 1.165) is 6.42 Å². The Morgan fingerprint density at radius 3 is 1.98 bits per heavy atom. The van der Waals surface area contributed by atoms with Crippen LogP contribution in [-0.4, -0.2) is 61.8 Å². The molecule has 1 saturated heterocycles. The minimum Gasteiger partial charge on any atom is -0.475 e. The Bertz CT molecular complexity index is 1560. The van der Waals surface area contributed by atoms with Gasteiger partial charge >= 0.3 is 12.1 Å². The van der Waals surface area contributed by atoms with Crippen LogP contribution in [0.15, 0.2) is 72.1 Å².